The van der Waals surface area contributed by atoms with Crippen LogP contribution in [0.5, 0.6) is 0 Å². The van der Waals surface area contributed by atoms with Crippen LogP contribution in [-0.4, -0.2) is 26.1 Å². The molecule has 0 saturated heterocycles. The van der Waals surface area contributed by atoms with E-state index in [4.69, 9.17) is 0 Å². The van der Waals surface area contributed by atoms with Gasteiger partial charge in [0.05, 0.1) is 17.5 Å². The molecule has 0 atom stereocenters. The minimum Gasteiger partial charge on any atom is -0.478 e. The van der Waals surface area contributed by atoms with E-state index in [0.717, 1.165) is 35.3 Å². The number of carboxylic acid groups (broad SMARTS) is 1. The minimum absolute atomic E-state index is 0.324. The molecule has 0 aliphatic carbocycles. The van der Waals surface area contributed by atoms with Crippen LogP contribution >= 0.6 is 0 Å². The van der Waals surface area contributed by atoms with Crippen LogP contribution in [0.25, 0.3) is 11.3 Å². The van der Waals surface area contributed by atoms with Crippen molar-refractivity contribution in [1.82, 2.24) is 15.0 Å². The number of hydrogen-bond donors (Lipinski definition) is 1. The van der Waals surface area contributed by atoms with Gasteiger partial charge < -0.3 is 5.11 Å². The minimum atomic E-state index is -0.909. The van der Waals surface area contributed by atoms with Gasteiger partial charge in [-0.15, -0.1) is 5.10 Å². The Morgan fingerprint density at radius 1 is 1.32 bits per heavy atom. The molecule has 0 unspecified atom stereocenters. The second kappa shape index (κ2) is 5.22. The van der Waals surface area contributed by atoms with Crippen LogP contribution < -0.4 is 0 Å². The molecule has 0 fully saturated rings. The van der Waals surface area contributed by atoms with E-state index >= 15 is 0 Å². The molecule has 0 aliphatic rings. The normalized spacial score (nSPS) is 10.7. The SMILES string of the molecule is CCCn1nncc1-c1cc(C(=O)O)c(C)cc1C. The quantitative estimate of drug-likeness (QED) is 0.916. The fraction of sp³-hybridized carbons (Fsp3) is 0.357. The van der Waals surface area contributed by atoms with Crippen molar-refractivity contribution in [3.05, 3.63) is 35.0 Å². The van der Waals surface area contributed by atoms with Gasteiger partial charge in [0.2, 0.25) is 0 Å². The maximum Gasteiger partial charge on any atom is 0.335 e. The van der Waals surface area contributed by atoms with Gasteiger partial charge in [0.1, 0.15) is 0 Å². The molecular weight excluding hydrogens is 242 g/mol. The van der Waals surface area contributed by atoms with E-state index in [-0.39, 0.29) is 0 Å². The molecule has 1 aromatic carbocycles. The number of carbonyl (C=O) groups is 1. The van der Waals surface area contributed by atoms with Crippen molar-refractivity contribution in [1.29, 1.82) is 0 Å². The van der Waals surface area contributed by atoms with Crippen molar-refractivity contribution in [2.75, 3.05) is 0 Å². The zero-order chi connectivity index (χ0) is 14.0. The fourth-order valence-electron chi connectivity index (χ4n) is 2.20. The van der Waals surface area contributed by atoms with E-state index in [0.29, 0.717) is 5.56 Å². The van der Waals surface area contributed by atoms with Crippen LogP contribution in [0.3, 0.4) is 0 Å². The molecule has 2 aromatic rings. The topological polar surface area (TPSA) is 68.0 Å². The molecule has 1 aromatic heterocycles. The number of benzene rings is 1. The lowest BCUT2D eigenvalue weighted by atomic mass is 9.98. The van der Waals surface area contributed by atoms with Crippen molar-refractivity contribution in [2.24, 2.45) is 0 Å². The molecule has 0 saturated carbocycles. The summed E-state index contributed by atoms with van der Waals surface area (Å²) in [5, 5.41) is 17.2. The lowest BCUT2D eigenvalue weighted by molar-refractivity contribution is 0.0696. The molecule has 0 spiro atoms. The summed E-state index contributed by atoms with van der Waals surface area (Å²) in [4.78, 5) is 11.2. The summed E-state index contributed by atoms with van der Waals surface area (Å²) in [7, 11) is 0. The Balaban J connectivity index is 2.58. The van der Waals surface area contributed by atoms with Gasteiger partial charge in [-0.3, -0.25) is 0 Å². The molecule has 1 heterocycles. The van der Waals surface area contributed by atoms with E-state index in [1.807, 2.05) is 24.6 Å². The molecule has 5 nitrogen and oxygen atoms in total. The highest BCUT2D eigenvalue weighted by Gasteiger charge is 2.14. The number of aromatic carboxylic acids is 1. The summed E-state index contributed by atoms with van der Waals surface area (Å²) in [5.41, 5.74) is 3.86. The third-order valence-electron chi connectivity index (χ3n) is 3.13. The molecule has 19 heavy (non-hydrogen) atoms. The van der Waals surface area contributed by atoms with Gasteiger partial charge in [0.15, 0.2) is 0 Å². The van der Waals surface area contributed by atoms with Crippen LogP contribution in [0.2, 0.25) is 0 Å². The van der Waals surface area contributed by atoms with Crippen LogP contribution in [-0.2, 0) is 6.54 Å². The highest BCUT2D eigenvalue weighted by atomic mass is 16.4. The van der Waals surface area contributed by atoms with Gasteiger partial charge in [-0.1, -0.05) is 18.2 Å². The summed E-state index contributed by atoms with van der Waals surface area (Å²) in [5.74, 6) is -0.909. The number of hydrogen-bond acceptors (Lipinski definition) is 3. The van der Waals surface area contributed by atoms with Gasteiger partial charge in [-0.2, -0.15) is 0 Å². The van der Waals surface area contributed by atoms with Gasteiger partial charge in [-0.25, -0.2) is 9.48 Å². The van der Waals surface area contributed by atoms with Gasteiger partial charge in [-0.05, 0) is 37.5 Å². The molecule has 0 amide bonds. The van der Waals surface area contributed by atoms with Crippen LogP contribution in [0.15, 0.2) is 18.3 Å². The second-order valence-corrected chi connectivity index (χ2v) is 4.63. The Morgan fingerprint density at radius 3 is 2.68 bits per heavy atom. The summed E-state index contributed by atoms with van der Waals surface area (Å²) in [6.45, 7) is 6.61. The predicted octanol–water partition coefficient (Wildman–Crippen LogP) is 2.67. The van der Waals surface area contributed by atoms with E-state index in [2.05, 4.69) is 17.2 Å². The Hall–Kier alpha value is -2.17. The molecule has 0 bridgehead atoms. The molecule has 5 heteroatoms. The van der Waals surface area contributed by atoms with Crippen LogP contribution in [0.1, 0.15) is 34.8 Å². The van der Waals surface area contributed by atoms with E-state index in [1.165, 1.54) is 0 Å². The largest absolute Gasteiger partial charge is 0.478 e. The standard InChI is InChI=1S/C14H17N3O2/c1-4-5-17-13(8-15-16-17)11-7-12(14(18)19)10(3)6-9(11)2/h6-8H,4-5H2,1-3H3,(H,18,19). The molecule has 2 rings (SSSR count). The van der Waals surface area contributed by atoms with Crippen molar-refractivity contribution >= 4 is 5.97 Å². The zero-order valence-corrected chi connectivity index (χ0v) is 11.3. The lowest BCUT2D eigenvalue weighted by Crippen LogP contribution is -2.05. The number of nitrogens with zero attached hydrogens (tertiary/aromatic N) is 3. The Morgan fingerprint density at radius 2 is 2.05 bits per heavy atom. The van der Waals surface area contributed by atoms with Crippen molar-refractivity contribution < 1.29 is 9.90 Å². The monoisotopic (exact) mass is 259 g/mol. The second-order valence-electron chi connectivity index (χ2n) is 4.63. The third-order valence-corrected chi connectivity index (χ3v) is 3.13. The summed E-state index contributed by atoms with van der Waals surface area (Å²) in [6, 6.07) is 3.60. The van der Waals surface area contributed by atoms with Crippen molar-refractivity contribution in [3.63, 3.8) is 0 Å². The number of carboxylic acids is 1. The summed E-state index contributed by atoms with van der Waals surface area (Å²) < 4.78 is 1.81. The molecule has 1 N–H and O–H groups in total. The lowest BCUT2D eigenvalue weighted by Gasteiger charge is -2.11. The first-order valence-electron chi connectivity index (χ1n) is 6.28. The zero-order valence-electron chi connectivity index (χ0n) is 11.3. The highest BCUT2D eigenvalue weighted by Crippen LogP contribution is 2.26. The number of rotatable bonds is 4. The smallest absolute Gasteiger partial charge is 0.335 e. The maximum atomic E-state index is 11.2. The van der Waals surface area contributed by atoms with Gasteiger partial charge in [0.25, 0.3) is 0 Å². The Bertz CT molecular complexity index is 617. The van der Waals surface area contributed by atoms with Crippen LogP contribution in [0, 0.1) is 13.8 Å². The molecule has 0 radical (unpaired) electrons. The van der Waals surface area contributed by atoms with Crippen molar-refractivity contribution in [2.45, 2.75) is 33.7 Å². The molecular formula is C14H17N3O2. The Kier molecular flexibility index (Phi) is 3.64. The summed E-state index contributed by atoms with van der Waals surface area (Å²) in [6.07, 6.45) is 2.63. The Labute approximate surface area is 111 Å². The first-order valence-corrected chi connectivity index (χ1v) is 6.28. The van der Waals surface area contributed by atoms with E-state index in [1.54, 1.807) is 12.3 Å². The maximum absolute atomic E-state index is 11.2. The molecule has 100 valence electrons. The fourth-order valence-corrected chi connectivity index (χ4v) is 2.20. The van der Waals surface area contributed by atoms with Gasteiger partial charge in [0, 0.05) is 12.1 Å². The van der Waals surface area contributed by atoms with Gasteiger partial charge >= 0.3 is 5.97 Å². The predicted molar refractivity (Wildman–Crippen MR) is 72.2 cm³/mol. The molecule has 0 aliphatic heterocycles. The highest BCUT2D eigenvalue weighted by molar-refractivity contribution is 5.91. The average molecular weight is 259 g/mol. The van der Waals surface area contributed by atoms with E-state index in [9.17, 15) is 9.90 Å². The van der Waals surface area contributed by atoms with Crippen LogP contribution in [0.4, 0.5) is 0 Å². The van der Waals surface area contributed by atoms with Crippen molar-refractivity contribution in [3.8, 4) is 11.3 Å². The number of aryl methyl sites for hydroxylation is 3. The van der Waals surface area contributed by atoms with E-state index < -0.39 is 5.97 Å². The first-order chi connectivity index (χ1) is 9.04. The number of aromatic nitrogens is 3. The third kappa shape index (κ3) is 2.50. The first kappa shape index (κ1) is 13.3. The average Bonchev–Trinajstić information content (AvgIpc) is 2.77. The summed E-state index contributed by atoms with van der Waals surface area (Å²) >= 11 is 0.